The molecule has 0 aliphatic rings. The van der Waals surface area contributed by atoms with Gasteiger partial charge in [0.25, 0.3) is 0 Å². The first-order valence-electron chi connectivity index (χ1n) is 7.69. The van der Waals surface area contributed by atoms with Gasteiger partial charge in [-0.15, -0.1) is 24.0 Å². The van der Waals surface area contributed by atoms with Gasteiger partial charge in [-0.25, -0.2) is 0 Å². The molecule has 136 valence electrons. The van der Waals surface area contributed by atoms with E-state index in [9.17, 15) is 5.11 Å². The van der Waals surface area contributed by atoms with Crippen molar-refractivity contribution in [3.05, 3.63) is 48.0 Å². The van der Waals surface area contributed by atoms with Crippen LogP contribution in [0.4, 0.5) is 5.69 Å². The number of nitrogens with zero attached hydrogens (tertiary/aromatic N) is 1. The van der Waals surface area contributed by atoms with Crippen LogP contribution in [0.1, 0.15) is 12.0 Å². The summed E-state index contributed by atoms with van der Waals surface area (Å²) in [6.07, 6.45) is 1.76. The van der Waals surface area contributed by atoms with E-state index in [1.165, 1.54) is 0 Å². The van der Waals surface area contributed by atoms with Crippen molar-refractivity contribution in [3.8, 4) is 17.2 Å². The van der Waals surface area contributed by atoms with Gasteiger partial charge in [-0.05, 0) is 42.7 Å². The molecule has 0 amide bonds. The molecule has 0 saturated heterocycles. The van der Waals surface area contributed by atoms with Crippen molar-refractivity contribution in [1.82, 2.24) is 0 Å². The summed E-state index contributed by atoms with van der Waals surface area (Å²) < 4.78 is 10.4. The molecule has 0 unspecified atom stereocenters. The number of methoxy groups -OCH3 is 2. The summed E-state index contributed by atoms with van der Waals surface area (Å²) in [5, 5.41) is 12.3. The standard InChI is InChI=1S/C18H23N3O3.HI/c1-23-16-10-7-14(12-17(16)24-2)21-18(19)20-11-3-4-13-5-8-15(22)9-6-13;/h5-10,12,22H,3-4,11H2,1-2H3,(H3,19,20,21);1H. The highest BCUT2D eigenvalue weighted by molar-refractivity contribution is 14.0. The molecule has 2 aromatic carbocycles. The quantitative estimate of drug-likeness (QED) is 0.257. The number of nitrogens with one attached hydrogen (secondary N) is 1. The lowest BCUT2D eigenvalue weighted by Crippen LogP contribution is -2.22. The highest BCUT2D eigenvalue weighted by Crippen LogP contribution is 2.29. The van der Waals surface area contributed by atoms with Crippen molar-refractivity contribution < 1.29 is 14.6 Å². The van der Waals surface area contributed by atoms with Crippen molar-refractivity contribution in [3.63, 3.8) is 0 Å². The van der Waals surface area contributed by atoms with Crippen LogP contribution in [0.2, 0.25) is 0 Å². The lowest BCUT2D eigenvalue weighted by atomic mass is 10.1. The average Bonchev–Trinajstić information content (AvgIpc) is 2.60. The molecule has 4 N–H and O–H groups in total. The number of phenolic OH excluding ortho intramolecular Hbond substituents is 1. The molecule has 0 saturated carbocycles. The van der Waals surface area contributed by atoms with Gasteiger partial charge in [-0.3, -0.25) is 4.99 Å². The van der Waals surface area contributed by atoms with E-state index in [-0.39, 0.29) is 29.7 Å². The molecule has 0 aliphatic carbocycles. The van der Waals surface area contributed by atoms with E-state index in [0.717, 1.165) is 24.1 Å². The lowest BCUT2D eigenvalue weighted by Gasteiger charge is -2.11. The van der Waals surface area contributed by atoms with Gasteiger partial charge in [0.15, 0.2) is 17.5 Å². The Hall–Kier alpha value is -2.16. The van der Waals surface area contributed by atoms with Gasteiger partial charge in [0.1, 0.15) is 5.75 Å². The van der Waals surface area contributed by atoms with E-state index >= 15 is 0 Å². The van der Waals surface area contributed by atoms with Crippen LogP contribution in [0, 0.1) is 0 Å². The number of ether oxygens (including phenoxy) is 2. The van der Waals surface area contributed by atoms with E-state index < -0.39 is 0 Å². The van der Waals surface area contributed by atoms with Gasteiger partial charge in [-0.1, -0.05) is 12.1 Å². The lowest BCUT2D eigenvalue weighted by molar-refractivity contribution is 0.355. The zero-order valence-electron chi connectivity index (χ0n) is 14.4. The maximum absolute atomic E-state index is 9.25. The smallest absolute Gasteiger partial charge is 0.193 e. The first-order chi connectivity index (χ1) is 11.6. The van der Waals surface area contributed by atoms with Gasteiger partial charge in [0.2, 0.25) is 0 Å². The van der Waals surface area contributed by atoms with Gasteiger partial charge in [0.05, 0.1) is 14.2 Å². The molecule has 7 heteroatoms. The number of phenols is 1. The second-order valence-corrected chi connectivity index (χ2v) is 5.23. The minimum absolute atomic E-state index is 0. The van der Waals surface area contributed by atoms with Gasteiger partial charge in [0, 0.05) is 18.3 Å². The molecule has 2 aromatic rings. The molecule has 0 bridgehead atoms. The van der Waals surface area contributed by atoms with Crippen molar-refractivity contribution in [2.75, 3.05) is 26.1 Å². The Bertz CT molecular complexity index is 690. The maximum Gasteiger partial charge on any atom is 0.193 e. The van der Waals surface area contributed by atoms with Crippen molar-refractivity contribution in [2.24, 2.45) is 10.7 Å². The Morgan fingerprint density at radius 2 is 1.76 bits per heavy atom. The number of halogens is 1. The van der Waals surface area contributed by atoms with Crippen LogP contribution in [0.25, 0.3) is 0 Å². The summed E-state index contributed by atoms with van der Waals surface area (Å²) in [6, 6.07) is 12.6. The van der Waals surface area contributed by atoms with Crippen LogP contribution in [0.15, 0.2) is 47.5 Å². The van der Waals surface area contributed by atoms with Gasteiger partial charge < -0.3 is 25.6 Å². The molecular weight excluding hydrogens is 433 g/mol. The zero-order valence-corrected chi connectivity index (χ0v) is 16.7. The van der Waals surface area contributed by atoms with Gasteiger partial charge >= 0.3 is 0 Å². The SMILES string of the molecule is COc1ccc(NC(N)=NCCCc2ccc(O)cc2)cc1OC.I. The fourth-order valence-electron chi connectivity index (χ4n) is 2.25. The summed E-state index contributed by atoms with van der Waals surface area (Å²) in [4.78, 5) is 4.31. The number of nitrogens with two attached hydrogens (primary N) is 1. The largest absolute Gasteiger partial charge is 0.508 e. The van der Waals surface area contributed by atoms with Crippen LogP contribution in [-0.2, 0) is 6.42 Å². The molecule has 0 radical (unpaired) electrons. The Kier molecular flexibility index (Phi) is 8.90. The minimum Gasteiger partial charge on any atom is -0.508 e. The molecule has 0 fully saturated rings. The number of anilines is 1. The summed E-state index contributed by atoms with van der Waals surface area (Å²) in [6.45, 7) is 0.618. The minimum atomic E-state index is 0. The number of rotatable bonds is 7. The highest BCUT2D eigenvalue weighted by Gasteiger charge is 2.05. The van der Waals surface area contributed by atoms with E-state index in [4.69, 9.17) is 15.2 Å². The van der Waals surface area contributed by atoms with Crippen molar-refractivity contribution >= 4 is 35.6 Å². The van der Waals surface area contributed by atoms with Crippen LogP contribution in [0.3, 0.4) is 0 Å². The third-order valence-electron chi connectivity index (χ3n) is 3.50. The fourth-order valence-corrected chi connectivity index (χ4v) is 2.25. The number of hydrogen-bond acceptors (Lipinski definition) is 4. The monoisotopic (exact) mass is 457 g/mol. The molecule has 0 aliphatic heterocycles. The van der Waals surface area contributed by atoms with Crippen LogP contribution in [-0.4, -0.2) is 31.8 Å². The Morgan fingerprint density at radius 1 is 1.08 bits per heavy atom. The van der Waals surface area contributed by atoms with Crippen molar-refractivity contribution in [1.29, 1.82) is 0 Å². The summed E-state index contributed by atoms with van der Waals surface area (Å²) in [5.74, 6) is 1.92. The summed E-state index contributed by atoms with van der Waals surface area (Å²) in [7, 11) is 3.18. The fraction of sp³-hybridized carbons (Fsp3) is 0.278. The molecular formula is C18H24IN3O3. The molecule has 0 aromatic heterocycles. The van der Waals surface area contributed by atoms with E-state index in [1.54, 1.807) is 38.5 Å². The first-order valence-corrected chi connectivity index (χ1v) is 7.69. The Labute approximate surface area is 165 Å². The highest BCUT2D eigenvalue weighted by atomic mass is 127. The van der Waals surface area contributed by atoms with Crippen LogP contribution in [0.5, 0.6) is 17.2 Å². The summed E-state index contributed by atoms with van der Waals surface area (Å²) >= 11 is 0. The number of aromatic hydroxyl groups is 1. The van der Waals surface area contributed by atoms with Crippen LogP contribution >= 0.6 is 24.0 Å². The Balaban J connectivity index is 0.00000312. The number of aryl methyl sites for hydroxylation is 1. The number of guanidine groups is 1. The first kappa shape index (κ1) is 20.9. The summed E-state index contributed by atoms with van der Waals surface area (Å²) in [5.41, 5.74) is 7.85. The average molecular weight is 457 g/mol. The zero-order chi connectivity index (χ0) is 17.4. The second kappa shape index (κ2) is 10.7. The third-order valence-corrected chi connectivity index (χ3v) is 3.50. The van der Waals surface area contributed by atoms with E-state index in [0.29, 0.717) is 24.0 Å². The van der Waals surface area contributed by atoms with Crippen LogP contribution < -0.4 is 20.5 Å². The number of benzene rings is 2. The molecule has 6 nitrogen and oxygen atoms in total. The Morgan fingerprint density at radius 3 is 2.40 bits per heavy atom. The number of hydrogen-bond donors (Lipinski definition) is 3. The molecule has 25 heavy (non-hydrogen) atoms. The van der Waals surface area contributed by atoms with E-state index in [2.05, 4.69) is 10.3 Å². The number of aliphatic imine (C=N–C) groups is 1. The van der Waals surface area contributed by atoms with Crippen molar-refractivity contribution in [2.45, 2.75) is 12.8 Å². The van der Waals surface area contributed by atoms with E-state index in [1.807, 2.05) is 18.2 Å². The second-order valence-electron chi connectivity index (χ2n) is 5.23. The topological polar surface area (TPSA) is 89.1 Å². The molecule has 2 rings (SSSR count). The van der Waals surface area contributed by atoms with Gasteiger partial charge in [-0.2, -0.15) is 0 Å². The molecule has 0 heterocycles. The predicted octanol–water partition coefficient (Wildman–Crippen LogP) is 3.39. The third kappa shape index (κ3) is 6.69. The molecule has 0 atom stereocenters. The normalized spacial score (nSPS) is 10.7. The predicted molar refractivity (Wildman–Crippen MR) is 112 cm³/mol. The molecule has 0 spiro atoms. The maximum atomic E-state index is 9.25.